The zero-order chi connectivity index (χ0) is 27.1. The van der Waals surface area contributed by atoms with Gasteiger partial charge in [0.15, 0.2) is 11.6 Å². The summed E-state index contributed by atoms with van der Waals surface area (Å²) in [6, 6.07) is 14.2. The highest BCUT2D eigenvalue weighted by Gasteiger charge is 2.21. The zero-order valence-electron chi connectivity index (χ0n) is 20.6. The Balaban J connectivity index is 1.29. The minimum absolute atomic E-state index is 0.0636. The van der Waals surface area contributed by atoms with E-state index in [0.717, 1.165) is 11.1 Å². The normalized spacial score (nSPS) is 11.2. The quantitative estimate of drug-likeness (QED) is 0.272. The molecule has 0 fully saturated rings. The van der Waals surface area contributed by atoms with E-state index in [2.05, 4.69) is 40.4 Å². The number of aromatic amines is 2. The second-order valence-electron chi connectivity index (χ2n) is 8.97. The first-order valence-corrected chi connectivity index (χ1v) is 12.2. The number of carbonyl (C=O) groups excluding carboxylic acids is 1. The fourth-order valence-corrected chi connectivity index (χ4v) is 4.57. The summed E-state index contributed by atoms with van der Waals surface area (Å²) in [6.45, 7) is 0. The van der Waals surface area contributed by atoms with E-state index in [1.807, 2.05) is 18.2 Å². The van der Waals surface area contributed by atoms with Crippen LogP contribution >= 0.6 is 0 Å². The van der Waals surface area contributed by atoms with Crippen LogP contribution in [0.3, 0.4) is 0 Å². The molecule has 0 aliphatic carbocycles. The lowest BCUT2D eigenvalue weighted by Gasteiger charge is -2.08. The van der Waals surface area contributed by atoms with Crippen molar-refractivity contribution in [2.24, 2.45) is 0 Å². The minimum Gasteiger partial charge on any atom is -0.335 e. The van der Waals surface area contributed by atoms with Gasteiger partial charge in [-0.2, -0.15) is 5.10 Å². The fraction of sp³-hybridized carbons (Fsp3) is 0. The molecule has 0 saturated carbocycles. The average molecular weight is 528 g/mol. The van der Waals surface area contributed by atoms with Crippen LogP contribution in [0, 0.1) is 5.82 Å². The van der Waals surface area contributed by atoms with E-state index < -0.39 is 5.82 Å². The molecule has 0 aliphatic rings. The Bertz CT molecular complexity index is 2020. The summed E-state index contributed by atoms with van der Waals surface area (Å²) in [4.78, 5) is 37.5. The summed E-state index contributed by atoms with van der Waals surface area (Å²) < 4.78 is 16.1. The van der Waals surface area contributed by atoms with Crippen molar-refractivity contribution in [3.05, 3.63) is 103 Å². The van der Waals surface area contributed by atoms with Crippen molar-refractivity contribution in [3.63, 3.8) is 0 Å². The number of halogens is 1. The van der Waals surface area contributed by atoms with Crippen LogP contribution in [0.2, 0.25) is 0 Å². The Kier molecular flexibility index (Phi) is 5.52. The van der Waals surface area contributed by atoms with Crippen molar-refractivity contribution in [1.29, 1.82) is 0 Å². The van der Waals surface area contributed by atoms with Gasteiger partial charge in [0.25, 0.3) is 5.91 Å². The fourth-order valence-electron chi connectivity index (χ4n) is 4.57. The maximum atomic E-state index is 16.1. The molecule has 7 rings (SSSR count). The third-order valence-corrected chi connectivity index (χ3v) is 6.46. The Labute approximate surface area is 225 Å². The number of fused-ring (bicyclic) bond motifs is 2. The van der Waals surface area contributed by atoms with Crippen molar-refractivity contribution in [2.45, 2.75) is 0 Å². The van der Waals surface area contributed by atoms with Crippen molar-refractivity contribution in [3.8, 4) is 33.9 Å². The van der Waals surface area contributed by atoms with Crippen LogP contribution < -0.4 is 5.32 Å². The molecule has 0 unspecified atom stereocenters. The molecule has 7 aromatic rings. The van der Waals surface area contributed by atoms with Gasteiger partial charge in [-0.15, -0.1) is 0 Å². The molecule has 1 aromatic carbocycles. The lowest BCUT2D eigenvalue weighted by atomic mass is 10.1. The number of anilines is 1. The van der Waals surface area contributed by atoms with E-state index in [0.29, 0.717) is 44.9 Å². The number of H-pyrrole nitrogens is 2. The standard InChI is InChI=1S/C29H18FN9O/c30-24-23-21(15-34-25(24)18-10-19(12-32-11-18)35-29(40)17-4-2-1-3-5-17)38-39-27(23)28-36-22-14-33-13-20(26(22)37-28)16-6-8-31-9-7-16/h1-15H,(H,35,40)(H,36,37)(H,38,39). The van der Waals surface area contributed by atoms with Gasteiger partial charge in [0, 0.05) is 41.5 Å². The van der Waals surface area contributed by atoms with Gasteiger partial charge in [-0.3, -0.25) is 29.8 Å². The summed E-state index contributed by atoms with van der Waals surface area (Å²) >= 11 is 0. The number of carbonyl (C=O) groups is 1. The molecule has 6 aromatic heterocycles. The minimum atomic E-state index is -0.595. The zero-order valence-corrected chi connectivity index (χ0v) is 20.6. The number of benzene rings is 1. The lowest BCUT2D eigenvalue weighted by molar-refractivity contribution is 0.102. The SMILES string of the molecule is O=C(Nc1cncc(-c2ncc3[nH]nc(-c4nc5c(-c6ccncc6)cncc5[nH]4)c3c2F)c1)c1ccccc1. The molecular weight excluding hydrogens is 509 g/mol. The summed E-state index contributed by atoms with van der Waals surface area (Å²) in [6.07, 6.45) is 11.3. The highest BCUT2D eigenvalue weighted by molar-refractivity contribution is 6.04. The smallest absolute Gasteiger partial charge is 0.255 e. The summed E-state index contributed by atoms with van der Waals surface area (Å²) in [5.41, 5.74) is 5.14. The Hall–Kier alpha value is -5.84. The molecule has 1 amide bonds. The average Bonchev–Trinajstić information content (AvgIpc) is 3.63. The molecular formula is C29H18FN9O. The number of amides is 1. The Morgan fingerprint density at radius 1 is 0.825 bits per heavy atom. The van der Waals surface area contributed by atoms with Crippen LogP contribution in [0.15, 0.2) is 91.9 Å². The molecule has 0 radical (unpaired) electrons. The molecule has 11 heteroatoms. The van der Waals surface area contributed by atoms with E-state index in [1.54, 1.807) is 55.1 Å². The Morgan fingerprint density at radius 3 is 2.50 bits per heavy atom. The topological polar surface area (TPSA) is 138 Å². The second-order valence-corrected chi connectivity index (χ2v) is 8.97. The van der Waals surface area contributed by atoms with Gasteiger partial charge >= 0.3 is 0 Å². The van der Waals surface area contributed by atoms with E-state index in [4.69, 9.17) is 4.98 Å². The predicted octanol–water partition coefficient (Wildman–Crippen LogP) is 5.41. The van der Waals surface area contributed by atoms with Gasteiger partial charge < -0.3 is 10.3 Å². The second kappa shape index (κ2) is 9.48. The number of imidazole rings is 1. The van der Waals surface area contributed by atoms with E-state index in [-0.39, 0.29) is 17.0 Å². The molecule has 0 bridgehead atoms. The van der Waals surface area contributed by atoms with Crippen LogP contribution in [0.5, 0.6) is 0 Å². The molecule has 40 heavy (non-hydrogen) atoms. The van der Waals surface area contributed by atoms with E-state index in [1.165, 1.54) is 18.6 Å². The highest BCUT2D eigenvalue weighted by Crippen LogP contribution is 2.34. The maximum Gasteiger partial charge on any atom is 0.255 e. The molecule has 192 valence electrons. The lowest BCUT2D eigenvalue weighted by Crippen LogP contribution is -2.11. The van der Waals surface area contributed by atoms with Crippen LogP contribution in [0.25, 0.3) is 55.8 Å². The van der Waals surface area contributed by atoms with Crippen molar-refractivity contribution < 1.29 is 9.18 Å². The van der Waals surface area contributed by atoms with Crippen LogP contribution in [0.1, 0.15) is 10.4 Å². The maximum absolute atomic E-state index is 16.1. The summed E-state index contributed by atoms with van der Waals surface area (Å²) in [7, 11) is 0. The van der Waals surface area contributed by atoms with Gasteiger partial charge in [-0.1, -0.05) is 18.2 Å². The number of hydrogen-bond donors (Lipinski definition) is 3. The number of aromatic nitrogens is 8. The third-order valence-electron chi connectivity index (χ3n) is 6.46. The number of nitrogens with one attached hydrogen (secondary N) is 3. The molecule has 3 N–H and O–H groups in total. The first-order chi connectivity index (χ1) is 19.7. The van der Waals surface area contributed by atoms with Crippen LogP contribution in [-0.4, -0.2) is 46.0 Å². The van der Waals surface area contributed by atoms with E-state index in [9.17, 15) is 4.79 Å². The molecule has 6 heterocycles. The van der Waals surface area contributed by atoms with Gasteiger partial charge in [-0.05, 0) is 35.9 Å². The number of hydrogen-bond acceptors (Lipinski definition) is 7. The molecule has 0 aliphatic heterocycles. The van der Waals surface area contributed by atoms with Crippen LogP contribution in [0.4, 0.5) is 10.1 Å². The number of pyridine rings is 4. The third kappa shape index (κ3) is 4.02. The largest absolute Gasteiger partial charge is 0.335 e. The summed E-state index contributed by atoms with van der Waals surface area (Å²) in [5.74, 6) is -0.517. The molecule has 10 nitrogen and oxygen atoms in total. The Morgan fingerprint density at radius 2 is 1.65 bits per heavy atom. The van der Waals surface area contributed by atoms with Crippen molar-refractivity contribution >= 4 is 33.5 Å². The van der Waals surface area contributed by atoms with Crippen molar-refractivity contribution in [2.75, 3.05) is 5.32 Å². The van der Waals surface area contributed by atoms with Crippen LogP contribution in [-0.2, 0) is 0 Å². The first kappa shape index (κ1) is 23.3. The monoisotopic (exact) mass is 527 g/mol. The van der Waals surface area contributed by atoms with Gasteiger partial charge in [0.05, 0.1) is 46.2 Å². The molecule has 0 atom stereocenters. The number of nitrogens with zero attached hydrogens (tertiary/aromatic N) is 6. The predicted molar refractivity (Wildman–Crippen MR) is 148 cm³/mol. The van der Waals surface area contributed by atoms with Gasteiger partial charge in [-0.25, -0.2) is 9.37 Å². The summed E-state index contributed by atoms with van der Waals surface area (Å²) in [5, 5.41) is 10.2. The van der Waals surface area contributed by atoms with Gasteiger partial charge in [0.1, 0.15) is 11.4 Å². The van der Waals surface area contributed by atoms with E-state index >= 15 is 4.39 Å². The first-order valence-electron chi connectivity index (χ1n) is 12.2. The number of rotatable bonds is 5. The molecule has 0 saturated heterocycles. The highest BCUT2D eigenvalue weighted by atomic mass is 19.1. The molecule has 0 spiro atoms. The van der Waals surface area contributed by atoms with Gasteiger partial charge in [0.2, 0.25) is 0 Å². The van der Waals surface area contributed by atoms with Crippen molar-refractivity contribution in [1.82, 2.24) is 40.1 Å².